The number of nitrogens with zero attached hydrogens (tertiary/aromatic N) is 6. The highest BCUT2D eigenvalue weighted by Gasteiger charge is 2.52. The van der Waals surface area contributed by atoms with Gasteiger partial charge in [0, 0.05) is 48.8 Å². The van der Waals surface area contributed by atoms with E-state index in [2.05, 4.69) is 20.6 Å². The zero-order valence-electron chi connectivity index (χ0n) is 27.2. The lowest BCUT2D eigenvalue weighted by Crippen LogP contribution is -2.57. The maximum absolute atomic E-state index is 14.1. The van der Waals surface area contributed by atoms with Gasteiger partial charge in [-0.2, -0.15) is 0 Å². The Kier molecular flexibility index (Phi) is 10.4. The van der Waals surface area contributed by atoms with Crippen LogP contribution in [0.25, 0.3) is 22.5 Å². The molecule has 1 unspecified atom stereocenters. The highest BCUT2D eigenvalue weighted by molar-refractivity contribution is 8.18. The Labute approximate surface area is 287 Å². The van der Waals surface area contributed by atoms with E-state index in [9.17, 15) is 27.9 Å². The fourth-order valence-electron chi connectivity index (χ4n) is 6.54. The molecule has 0 aliphatic carbocycles. The van der Waals surface area contributed by atoms with Crippen LogP contribution in [-0.2, 0) is 28.5 Å². The fraction of sp³-hybridized carbons (Fsp3) is 0.438. The summed E-state index contributed by atoms with van der Waals surface area (Å²) in [6.45, 7) is 2.61. The molecule has 2 fully saturated rings. The first kappa shape index (κ1) is 35.3. The van der Waals surface area contributed by atoms with Gasteiger partial charge in [0.15, 0.2) is 17.5 Å². The van der Waals surface area contributed by atoms with E-state index >= 15 is 0 Å². The first-order chi connectivity index (χ1) is 23.9. The molecular formula is C32H36F3N7O7S. The summed E-state index contributed by atoms with van der Waals surface area (Å²) < 4.78 is 68.1. The van der Waals surface area contributed by atoms with Crippen molar-refractivity contribution < 1.29 is 46.8 Å². The number of nitrogen functional groups attached to an aromatic ring is 1. The summed E-state index contributed by atoms with van der Waals surface area (Å²) in [5.74, 6) is -5.30. The lowest BCUT2D eigenvalue weighted by Gasteiger charge is -2.52. The third kappa shape index (κ3) is 7.19. The van der Waals surface area contributed by atoms with Crippen LogP contribution in [0.2, 0.25) is 0 Å². The van der Waals surface area contributed by atoms with Crippen molar-refractivity contribution in [1.82, 2.24) is 30.0 Å². The number of halogens is 3. The molecule has 0 bridgehead atoms. The monoisotopic (exact) mass is 719 g/mol. The summed E-state index contributed by atoms with van der Waals surface area (Å²) in [6.07, 6.45) is 0.368. The van der Waals surface area contributed by atoms with Crippen molar-refractivity contribution in [2.24, 2.45) is 0 Å². The second-order valence-electron chi connectivity index (χ2n) is 12.1. The smallest absolute Gasteiger partial charge is 0.303 e. The molecular weight excluding hydrogens is 683 g/mol. The minimum Gasteiger partial charge on any atom is -0.465 e. The number of methoxy groups -OCH3 is 1. The number of benzene rings is 2. The quantitative estimate of drug-likeness (QED) is 0.0999. The van der Waals surface area contributed by atoms with Crippen LogP contribution in [0.1, 0.15) is 25.9 Å². The average Bonchev–Trinajstić information content (AvgIpc) is 3.77. The molecule has 4 heterocycles. The Morgan fingerprint density at radius 2 is 1.68 bits per heavy atom. The molecule has 3 N–H and O–H groups in total. The second kappa shape index (κ2) is 14.8. The number of esters is 2. The topological polar surface area (TPSA) is 179 Å². The molecule has 2 aliphatic heterocycles. The highest BCUT2D eigenvalue weighted by atomic mass is 32.2. The molecule has 4 aromatic rings. The van der Waals surface area contributed by atoms with Crippen molar-refractivity contribution in [3.63, 3.8) is 0 Å². The van der Waals surface area contributed by atoms with E-state index in [4.69, 9.17) is 24.7 Å². The minimum atomic E-state index is -1.62. The third-order valence-corrected chi connectivity index (χ3v) is 12.3. The van der Waals surface area contributed by atoms with Crippen molar-refractivity contribution in [3.8, 4) is 22.5 Å². The van der Waals surface area contributed by atoms with Gasteiger partial charge in [-0.25, -0.2) is 33.4 Å². The Morgan fingerprint density at radius 1 is 1.00 bits per heavy atom. The number of thiol groups is 1. The Bertz CT molecular complexity index is 1840. The Balaban J connectivity index is 1.34. The summed E-state index contributed by atoms with van der Waals surface area (Å²) in [5.41, 5.74) is 7.76. The molecule has 50 heavy (non-hydrogen) atoms. The van der Waals surface area contributed by atoms with Crippen LogP contribution in [0.5, 0.6) is 0 Å². The van der Waals surface area contributed by atoms with Crippen LogP contribution in [0.4, 0.5) is 18.9 Å². The SMILES string of the molecule is CO[C@H]1C[SH]([C@@H]2COC[C@H](n3cc(-c4cccc(N)c4)nn3)[C@H]2O)[C@H](COC(C)=O)[C@H](OC(C)=O)[C@H]1n1cc(-c2cc(F)c(F)c(F)c2)nn1. The van der Waals surface area contributed by atoms with Gasteiger partial charge < -0.3 is 29.8 Å². The number of anilines is 1. The molecule has 2 aromatic heterocycles. The molecule has 2 saturated heterocycles. The number of carbonyl (C=O) groups is 2. The van der Waals surface area contributed by atoms with Crippen molar-refractivity contribution in [2.45, 2.75) is 54.7 Å². The number of aromatic nitrogens is 6. The van der Waals surface area contributed by atoms with Crippen LogP contribution < -0.4 is 5.73 Å². The predicted octanol–water partition coefficient (Wildman–Crippen LogP) is 2.64. The summed E-state index contributed by atoms with van der Waals surface area (Å²) in [5, 5.41) is 27.5. The van der Waals surface area contributed by atoms with Gasteiger partial charge in [-0.15, -0.1) is 10.2 Å². The predicted molar refractivity (Wildman–Crippen MR) is 175 cm³/mol. The van der Waals surface area contributed by atoms with Gasteiger partial charge in [0.05, 0.1) is 43.1 Å². The summed E-state index contributed by atoms with van der Waals surface area (Å²) >= 11 is 0. The maximum Gasteiger partial charge on any atom is 0.303 e. The van der Waals surface area contributed by atoms with Gasteiger partial charge >= 0.3 is 11.9 Å². The first-order valence-electron chi connectivity index (χ1n) is 15.6. The van der Waals surface area contributed by atoms with Crippen molar-refractivity contribution in [1.29, 1.82) is 0 Å². The standard InChI is InChI=1S/C32H36F3N7O7S/c1-16(43)48-14-28-32(49-17(2)44)30(42-11-24(38-40-42)19-8-21(33)29(35)22(34)9-19)26(46-3)15-50(28)27-13-47-12-25(31(27)45)41-10-23(37-39-41)18-5-4-6-20(36)7-18/h4-11,25-28,30-32,45,50H,12-15,36H2,1-3H3/t25-,26-,27+,28+,30-,31+,32-/m0/s1. The molecule has 0 saturated carbocycles. The van der Waals surface area contributed by atoms with E-state index in [1.165, 1.54) is 31.8 Å². The maximum atomic E-state index is 14.1. The van der Waals surface area contributed by atoms with Gasteiger partial charge in [-0.1, -0.05) is 22.6 Å². The zero-order chi connectivity index (χ0) is 35.7. The number of hydrogen-bond acceptors (Lipinski definition) is 12. The summed E-state index contributed by atoms with van der Waals surface area (Å²) in [7, 11) is 0.0692. The molecule has 18 heteroatoms. The highest BCUT2D eigenvalue weighted by Crippen LogP contribution is 2.52. The first-order valence-corrected chi connectivity index (χ1v) is 17.3. The van der Waals surface area contributed by atoms with Gasteiger partial charge in [-0.05, 0) is 24.3 Å². The molecule has 8 atom stereocenters. The number of ether oxygens (including phenoxy) is 4. The normalized spacial score (nSPS) is 27.5. The molecule has 2 aliphatic rings. The average molecular weight is 720 g/mol. The number of aliphatic hydroxyl groups excluding tert-OH is 1. The van der Waals surface area contributed by atoms with E-state index in [0.29, 0.717) is 17.1 Å². The van der Waals surface area contributed by atoms with Crippen molar-refractivity contribution >= 4 is 28.5 Å². The zero-order valence-corrected chi connectivity index (χ0v) is 28.1. The molecule has 0 amide bonds. The van der Waals surface area contributed by atoms with Gasteiger partial charge in [0.2, 0.25) is 0 Å². The summed E-state index contributed by atoms with van der Waals surface area (Å²) in [4.78, 5) is 24.7. The lowest BCUT2D eigenvalue weighted by atomic mass is 10.0. The van der Waals surface area contributed by atoms with Gasteiger partial charge in [0.25, 0.3) is 0 Å². The van der Waals surface area contributed by atoms with E-state index in [0.717, 1.165) is 17.7 Å². The molecule has 268 valence electrons. The number of hydrogen-bond donors (Lipinski definition) is 3. The van der Waals surface area contributed by atoms with Gasteiger partial charge in [-0.3, -0.25) is 9.59 Å². The Hall–Kier alpha value is -4.52. The van der Waals surface area contributed by atoms with E-state index < -0.39 is 81.2 Å². The van der Waals surface area contributed by atoms with E-state index in [1.54, 1.807) is 29.1 Å². The van der Waals surface area contributed by atoms with Crippen molar-refractivity contribution in [3.05, 3.63) is 66.2 Å². The molecule has 0 radical (unpaired) electrons. The number of carbonyl (C=O) groups excluding carboxylic acids is 2. The lowest BCUT2D eigenvalue weighted by molar-refractivity contribution is -0.154. The number of rotatable bonds is 9. The van der Waals surface area contributed by atoms with Crippen LogP contribution >= 0.6 is 10.9 Å². The van der Waals surface area contributed by atoms with Crippen LogP contribution in [-0.4, -0.2) is 109 Å². The van der Waals surface area contributed by atoms with Crippen LogP contribution in [0, 0.1) is 17.5 Å². The third-order valence-electron chi connectivity index (χ3n) is 8.90. The van der Waals surface area contributed by atoms with Gasteiger partial charge in [0.1, 0.15) is 36.2 Å². The minimum absolute atomic E-state index is 0.0212. The fourth-order valence-corrected chi connectivity index (χ4v) is 10.1. The van der Waals surface area contributed by atoms with Crippen molar-refractivity contribution in [2.75, 3.05) is 38.4 Å². The summed E-state index contributed by atoms with van der Waals surface area (Å²) in [6, 6.07) is 7.27. The largest absolute Gasteiger partial charge is 0.465 e. The Morgan fingerprint density at radius 3 is 2.34 bits per heavy atom. The van der Waals surface area contributed by atoms with E-state index in [-0.39, 0.29) is 31.1 Å². The number of nitrogens with two attached hydrogens (primary N) is 1. The second-order valence-corrected chi connectivity index (χ2v) is 14.8. The van der Waals surface area contributed by atoms with Crippen LogP contribution in [0.15, 0.2) is 48.8 Å². The molecule has 14 nitrogen and oxygen atoms in total. The number of aliphatic hydroxyl groups is 1. The molecule has 2 aromatic carbocycles. The molecule has 6 rings (SSSR count). The van der Waals surface area contributed by atoms with Crippen LogP contribution in [0.3, 0.4) is 0 Å². The van der Waals surface area contributed by atoms with E-state index in [1.807, 2.05) is 6.07 Å². The molecule has 0 spiro atoms.